The molecule has 0 heterocycles. The van der Waals surface area contributed by atoms with E-state index < -0.39 is 28.4 Å². The molecular formula is C21H24N4O7. The number of carbonyl (C=O) groups is 3. The van der Waals surface area contributed by atoms with Crippen LogP contribution in [-0.4, -0.2) is 35.0 Å². The molecule has 2 amide bonds. The summed E-state index contributed by atoms with van der Waals surface area (Å²) in [6, 6.07) is 13.5. The summed E-state index contributed by atoms with van der Waals surface area (Å²) in [5, 5.41) is 13.1. The number of benzene rings is 2. The van der Waals surface area contributed by atoms with Crippen molar-refractivity contribution >= 4 is 23.7 Å². The maximum atomic E-state index is 12.7. The second kappa shape index (κ2) is 11.4. The van der Waals surface area contributed by atoms with Crippen LogP contribution >= 0.6 is 0 Å². The first-order valence-corrected chi connectivity index (χ1v) is 9.66. The number of nitrogens with one attached hydrogen (secondary N) is 1. The Morgan fingerprint density at radius 1 is 0.938 bits per heavy atom. The quantitative estimate of drug-likeness (QED) is 0.153. The standard InChI is InChI=1S/C21H24N4O7/c22-20(28)24-12-4-11-21(23,18(26)31-13-15-5-2-1-3-6-15)19(27)32-14-16-7-9-17(10-8-16)25(29)30/h1-3,5-10H,4,11-14,23H2,(H3,22,24,28)/t21-/m1/s1. The number of rotatable bonds is 11. The lowest BCUT2D eigenvalue weighted by Crippen LogP contribution is -2.56. The molecule has 170 valence electrons. The molecule has 0 fully saturated rings. The molecule has 0 saturated heterocycles. The third-order valence-electron chi connectivity index (χ3n) is 4.51. The highest BCUT2D eigenvalue weighted by molar-refractivity contribution is 6.04. The SMILES string of the molecule is NC(=O)NCCC[C@@](N)(C(=O)OCc1ccccc1)C(=O)OCc1ccc([N+](=O)[O-])cc1. The number of hydrogen-bond acceptors (Lipinski definition) is 8. The first-order valence-electron chi connectivity index (χ1n) is 9.66. The number of nitro groups is 1. The van der Waals surface area contributed by atoms with Crippen LogP contribution in [0.3, 0.4) is 0 Å². The van der Waals surface area contributed by atoms with E-state index in [2.05, 4.69) is 5.32 Å². The molecule has 0 spiro atoms. The number of urea groups is 1. The zero-order valence-corrected chi connectivity index (χ0v) is 17.2. The van der Waals surface area contributed by atoms with Crippen LogP contribution in [0, 0.1) is 10.1 Å². The number of ether oxygens (including phenoxy) is 2. The Morgan fingerprint density at radius 3 is 1.97 bits per heavy atom. The number of nitrogens with zero attached hydrogens (tertiary/aromatic N) is 1. The highest BCUT2D eigenvalue weighted by Crippen LogP contribution is 2.18. The first-order chi connectivity index (χ1) is 15.2. The molecule has 0 saturated carbocycles. The Balaban J connectivity index is 2.05. The zero-order valence-electron chi connectivity index (χ0n) is 17.2. The lowest BCUT2D eigenvalue weighted by Gasteiger charge is -2.25. The Labute approximate surface area is 183 Å². The van der Waals surface area contributed by atoms with Crippen LogP contribution in [0.2, 0.25) is 0 Å². The highest BCUT2D eigenvalue weighted by Gasteiger charge is 2.45. The monoisotopic (exact) mass is 444 g/mol. The largest absolute Gasteiger partial charge is 0.459 e. The normalized spacial score (nSPS) is 12.3. The third-order valence-corrected chi connectivity index (χ3v) is 4.51. The van der Waals surface area contributed by atoms with E-state index in [0.717, 1.165) is 0 Å². The lowest BCUT2D eigenvalue weighted by atomic mass is 9.94. The van der Waals surface area contributed by atoms with Gasteiger partial charge in [0.05, 0.1) is 4.92 Å². The maximum absolute atomic E-state index is 12.7. The molecule has 5 N–H and O–H groups in total. The van der Waals surface area contributed by atoms with Gasteiger partial charge in [-0.25, -0.2) is 14.4 Å². The summed E-state index contributed by atoms with van der Waals surface area (Å²) in [5.74, 6) is -2.00. The third kappa shape index (κ3) is 7.06. The number of primary amides is 1. The number of esters is 2. The minimum Gasteiger partial charge on any atom is -0.459 e. The average molecular weight is 444 g/mol. The van der Waals surface area contributed by atoms with Crippen molar-refractivity contribution < 1.29 is 28.8 Å². The Kier molecular flexibility index (Phi) is 8.66. The highest BCUT2D eigenvalue weighted by atomic mass is 16.6. The van der Waals surface area contributed by atoms with Gasteiger partial charge in [-0.2, -0.15) is 0 Å². The van der Waals surface area contributed by atoms with Crippen molar-refractivity contribution in [3.63, 3.8) is 0 Å². The summed E-state index contributed by atoms with van der Waals surface area (Å²) in [7, 11) is 0. The Hall–Kier alpha value is -3.99. The maximum Gasteiger partial charge on any atom is 0.338 e. The van der Waals surface area contributed by atoms with Crippen LogP contribution in [0.5, 0.6) is 0 Å². The van der Waals surface area contributed by atoms with Crippen LogP contribution in [-0.2, 0) is 32.3 Å². The summed E-state index contributed by atoms with van der Waals surface area (Å²) < 4.78 is 10.4. The fourth-order valence-electron chi connectivity index (χ4n) is 2.71. The van der Waals surface area contributed by atoms with Crippen LogP contribution in [0.4, 0.5) is 10.5 Å². The minimum atomic E-state index is -2.12. The fourth-order valence-corrected chi connectivity index (χ4v) is 2.71. The minimum absolute atomic E-state index is 0.0895. The lowest BCUT2D eigenvalue weighted by molar-refractivity contribution is -0.384. The molecule has 1 atom stereocenters. The van der Waals surface area contributed by atoms with Gasteiger partial charge in [-0.15, -0.1) is 0 Å². The van der Waals surface area contributed by atoms with Gasteiger partial charge in [0.1, 0.15) is 13.2 Å². The summed E-state index contributed by atoms with van der Waals surface area (Å²) in [4.78, 5) is 46.4. The van der Waals surface area contributed by atoms with Gasteiger partial charge in [0.15, 0.2) is 0 Å². The van der Waals surface area contributed by atoms with Gasteiger partial charge in [-0.1, -0.05) is 30.3 Å². The Morgan fingerprint density at radius 2 is 1.47 bits per heavy atom. The average Bonchev–Trinajstić information content (AvgIpc) is 2.79. The molecule has 0 bridgehead atoms. The number of hydrogen-bond donors (Lipinski definition) is 3. The van der Waals surface area contributed by atoms with E-state index in [1.807, 2.05) is 0 Å². The topological polar surface area (TPSA) is 177 Å². The van der Waals surface area contributed by atoms with E-state index in [1.165, 1.54) is 24.3 Å². The number of non-ortho nitro benzene ring substituents is 1. The van der Waals surface area contributed by atoms with Crippen molar-refractivity contribution in [2.24, 2.45) is 11.5 Å². The molecule has 0 aliphatic rings. The molecule has 2 aromatic rings. The van der Waals surface area contributed by atoms with Gasteiger partial charge in [0.2, 0.25) is 5.54 Å². The second-order valence-corrected chi connectivity index (χ2v) is 6.93. The van der Waals surface area contributed by atoms with Gasteiger partial charge in [-0.05, 0) is 36.1 Å². The predicted octanol–water partition coefficient (Wildman–Crippen LogP) is 1.53. The van der Waals surface area contributed by atoms with E-state index in [-0.39, 0.29) is 38.3 Å². The van der Waals surface area contributed by atoms with Crippen molar-refractivity contribution in [3.05, 3.63) is 75.8 Å². The van der Waals surface area contributed by atoms with Crippen LogP contribution in [0.25, 0.3) is 0 Å². The van der Waals surface area contributed by atoms with E-state index in [0.29, 0.717) is 11.1 Å². The fraction of sp³-hybridized carbons (Fsp3) is 0.286. The molecule has 2 rings (SSSR count). The van der Waals surface area contributed by atoms with E-state index >= 15 is 0 Å². The molecule has 0 aliphatic carbocycles. The number of carbonyl (C=O) groups excluding carboxylic acids is 3. The Bertz CT molecular complexity index is 950. The molecular weight excluding hydrogens is 420 g/mol. The van der Waals surface area contributed by atoms with E-state index in [9.17, 15) is 24.5 Å². The van der Waals surface area contributed by atoms with Crippen LogP contribution in [0.1, 0.15) is 24.0 Å². The number of nitro benzene ring substituents is 1. The molecule has 0 unspecified atom stereocenters. The smallest absolute Gasteiger partial charge is 0.338 e. The van der Waals surface area contributed by atoms with Crippen molar-refractivity contribution in [3.8, 4) is 0 Å². The number of amides is 2. The van der Waals surface area contributed by atoms with Gasteiger partial charge >= 0.3 is 18.0 Å². The molecule has 0 aromatic heterocycles. The molecule has 11 nitrogen and oxygen atoms in total. The van der Waals surface area contributed by atoms with Gasteiger partial charge in [0.25, 0.3) is 5.69 Å². The predicted molar refractivity (Wildman–Crippen MR) is 113 cm³/mol. The van der Waals surface area contributed by atoms with Gasteiger partial charge in [0, 0.05) is 18.7 Å². The summed E-state index contributed by atoms with van der Waals surface area (Å²) in [6.45, 7) is -0.245. The molecule has 0 radical (unpaired) electrons. The summed E-state index contributed by atoms with van der Waals surface area (Å²) in [6.07, 6.45) is -0.00743. The first kappa shape index (κ1) is 24.3. The van der Waals surface area contributed by atoms with E-state index in [4.69, 9.17) is 20.9 Å². The van der Waals surface area contributed by atoms with Gasteiger partial charge < -0.3 is 26.3 Å². The van der Waals surface area contributed by atoms with E-state index in [1.54, 1.807) is 30.3 Å². The van der Waals surface area contributed by atoms with Crippen molar-refractivity contribution in [1.82, 2.24) is 5.32 Å². The van der Waals surface area contributed by atoms with Crippen LogP contribution < -0.4 is 16.8 Å². The van der Waals surface area contributed by atoms with Gasteiger partial charge in [-0.3, -0.25) is 10.1 Å². The molecule has 2 aromatic carbocycles. The summed E-state index contributed by atoms with van der Waals surface area (Å²) in [5.41, 5.74) is 10.1. The summed E-state index contributed by atoms with van der Waals surface area (Å²) >= 11 is 0. The van der Waals surface area contributed by atoms with Crippen molar-refractivity contribution in [1.29, 1.82) is 0 Å². The van der Waals surface area contributed by atoms with Crippen molar-refractivity contribution in [2.45, 2.75) is 31.6 Å². The second-order valence-electron chi connectivity index (χ2n) is 6.93. The van der Waals surface area contributed by atoms with Crippen LogP contribution in [0.15, 0.2) is 54.6 Å². The zero-order chi connectivity index (χ0) is 23.6. The number of nitrogens with two attached hydrogens (primary N) is 2. The molecule has 0 aliphatic heterocycles. The van der Waals surface area contributed by atoms with Crippen molar-refractivity contribution in [2.75, 3.05) is 6.54 Å². The molecule has 32 heavy (non-hydrogen) atoms. The molecule has 11 heteroatoms.